The molecule has 20 heavy (non-hydrogen) atoms. The molecule has 2 unspecified atom stereocenters. The average molecular weight is 274 g/mol. The Hall–Kier alpha value is -1.35. The van der Waals surface area contributed by atoms with Crippen LogP contribution in [0, 0.1) is 5.92 Å². The third-order valence-electron chi connectivity index (χ3n) is 4.00. The van der Waals surface area contributed by atoms with E-state index in [2.05, 4.69) is 37.4 Å². The predicted molar refractivity (Wildman–Crippen MR) is 82.6 cm³/mol. The molecular weight excluding hydrogens is 248 g/mol. The Morgan fingerprint density at radius 3 is 2.90 bits per heavy atom. The Morgan fingerprint density at radius 1 is 1.40 bits per heavy atom. The summed E-state index contributed by atoms with van der Waals surface area (Å²) >= 11 is 0. The first kappa shape index (κ1) is 15.0. The maximum Gasteiger partial charge on any atom is 0.227 e. The minimum atomic E-state index is 0.00574. The van der Waals surface area contributed by atoms with E-state index >= 15 is 0 Å². The van der Waals surface area contributed by atoms with Crippen molar-refractivity contribution in [2.45, 2.75) is 51.5 Å². The molecule has 1 aliphatic carbocycles. The number of carbonyl (C=O) groups excluding carboxylic acids is 1. The van der Waals surface area contributed by atoms with E-state index in [4.69, 9.17) is 5.73 Å². The van der Waals surface area contributed by atoms with Crippen LogP contribution < -0.4 is 11.1 Å². The normalized spacial score (nSPS) is 19.5. The lowest BCUT2D eigenvalue weighted by atomic mass is 9.82. The molecule has 0 saturated heterocycles. The Kier molecular flexibility index (Phi) is 5.18. The lowest BCUT2D eigenvalue weighted by Gasteiger charge is -2.25. The number of amides is 1. The first-order valence-corrected chi connectivity index (χ1v) is 7.69. The molecule has 0 fully saturated rings. The molecule has 1 aromatic rings. The summed E-state index contributed by atoms with van der Waals surface area (Å²) < 4.78 is 0. The topological polar surface area (TPSA) is 55.1 Å². The highest BCUT2D eigenvalue weighted by molar-refractivity contribution is 5.84. The lowest BCUT2D eigenvalue weighted by molar-refractivity contribution is -0.122. The zero-order valence-electron chi connectivity index (χ0n) is 12.6. The fraction of sp³-hybridized carbons (Fsp3) is 0.588. The van der Waals surface area contributed by atoms with Crippen LogP contribution >= 0.6 is 0 Å². The van der Waals surface area contributed by atoms with Crippen molar-refractivity contribution in [1.82, 2.24) is 5.32 Å². The van der Waals surface area contributed by atoms with Crippen molar-refractivity contribution in [3.63, 3.8) is 0 Å². The second-order valence-electron chi connectivity index (χ2n) is 6.28. The van der Waals surface area contributed by atoms with Gasteiger partial charge in [0.2, 0.25) is 5.91 Å². The SMILES string of the molecule is CC(C)CC(N)CNC(=O)C1CCCc2ccccc21. The molecule has 0 bridgehead atoms. The van der Waals surface area contributed by atoms with Gasteiger partial charge in [0.15, 0.2) is 0 Å². The van der Waals surface area contributed by atoms with E-state index < -0.39 is 0 Å². The van der Waals surface area contributed by atoms with Gasteiger partial charge in [-0.3, -0.25) is 4.79 Å². The zero-order chi connectivity index (χ0) is 14.5. The van der Waals surface area contributed by atoms with Gasteiger partial charge in [0, 0.05) is 12.6 Å². The molecule has 3 heteroatoms. The Morgan fingerprint density at radius 2 is 2.15 bits per heavy atom. The fourth-order valence-corrected chi connectivity index (χ4v) is 3.07. The largest absolute Gasteiger partial charge is 0.354 e. The maximum absolute atomic E-state index is 12.4. The predicted octanol–water partition coefficient (Wildman–Crippen LogP) is 2.60. The number of hydrogen-bond acceptors (Lipinski definition) is 2. The minimum absolute atomic E-state index is 0.00574. The molecule has 0 saturated carbocycles. The highest BCUT2D eigenvalue weighted by Crippen LogP contribution is 2.31. The third-order valence-corrected chi connectivity index (χ3v) is 4.00. The van der Waals surface area contributed by atoms with Crippen LogP contribution in [0.25, 0.3) is 0 Å². The van der Waals surface area contributed by atoms with Crippen molar-refractivity contribution in [3.8, 4) is 0 Å². The van der Waals surface area contributed by atoms with Gasteiger partial charge in [-0.2, -0.15) is 0 Å². The van der Waals surface area contributed by atoms with Crippen molar-refractivity contribution in [2.24, 2.45) is 11.7 Å². The van der Waals surface area contributed by atoms with Crippen molar-refractivity contribution < 1.29 is 4.79 Å². The summed E-state index contributed by atoms with van der Waals surface area (Å²) in [5.41, 5.74) is 8.56. The Labute approximate surface area is 121 Å². The molecule has 1 aromatic carbocycles. The van der Waals surface area contributed by atoms with E-state index in [0.29, 0.717) is 12.5 Å². The van der Waals surface area contributed by atoms with Gasteiger partial charge in [0.1, 0.15) is 0 Å². The summed E-state index contributed by atoms with van der Waals surface area (Å²) in [6, 6.07) is 8.36. The number of benzene rings is 1. The van der Waals surface area contributed by atoms with Crippen LogP contribution in [0.15, 0.2) is 24.3 Å². The molecule has 0 aromatic heterocycles. The molecule has 1 amide bonds. The number of nitrogens with one attached hydrogen (secondary N) is 1. The number of fused-ring (bicyclic) bond motifs is 1. The summed E-state index contributed by atoms with van der Waals surface area (Å²) in [4.78, 5) is 12.4. The van der Waals surface area contributed by atoms with Gasteiger partial charge >= 0.3 is 0 Å². The van der Waals surface area contributed by atoms with Crippen LogP contribution in [0.3, 0.4) is 0 Å². The number of hydrogen-bond donors (Lipinski definition) is 2. The molecule has 3 nitrogen and oxygen atoms in total. The Balaban J connectivity index is 1.94. The van der Waals surface area contributed by atoms with Crippen LogP contribution in [-0.4, -0.2) is 18.5 Å². The van der Waals surface area contributed by atoms with E-state index in [9.17, 15) is 4.79 Å². The monoisotopic (exact) mass is 274 g/mol. The first-order valence-electron chi connectivity index (χ1n) is 7.69. The van der Waals surface area contributed by atoms with Crippen molar-refractivity contribution in [1.29, 1.82) is 0 Å². The molecule has 2 rings (SSSR count). The smallest absolute Gasteiger partial charge is 0.227 e. The summed E-state index contributed by atoms with van der Waals surface area (Å²) in [6.07, 6.45) is 4.07. The van der Waals surface area contributed by atoms with E-state index in [-0.39, 0.29) is 17.9 Å². The van der Waals surface area contributed by atoms with Crippen LogP contribution in [0.1, 0.15) is 50.2 Å². The van der Waals surface area contributed by atoms with Gasteiger partial charge in [-0.1, -0.05) is 38.1 Å². The third kappa shape index (κ3) is 3.83. The Bertz CT molecular complexity index is 456. The molecule has 0 heterocycles. The van der Waals surface area contributed by atoms with Crippen LogP contribution in [0.2, 0.25) is 0 Å². The minimum Gasteiger partial charge on any atom is -0.354 e. The summed E-state index contributed by atoms with van der Waals surface area (Å²) in [6.45, 7) is 4.88. The van der Waals surface area contributed by atoms with Crippen molar-refractivity contribution in [3.05, 3.63) is 35.4 Å². The molecule has 0 aliphatic heterocycles. The second-order valence-corrected chi connectivity index (χ2v) is 6.28. The van der Waals surface area contributed by atoms with Gasteiger partial charge in [-0.15, -0.1) is 0 Å². The van der Waals surface area contributed by atoms with Crippen molar-refractivity contribution >= 4 is 5.91 Å². The van der Waals surface area contributed by atoms with Gasteiger partial charge in [-0.25, -0.2) is 0 Å². The molecule has 0 radical (unpaired) electrons. The summed E-state index contributed by atoms with van der Waals surface area (Å²) in [5.74, 6) is 0.708. The number of aryl methyl sites for hydroxylation is 1. The van der Waals surface area contributed by atoms with E-state index in [1.165, 1.54) is 11.1 Å². The first-order chi connectivity index (χ1) is 9.58. The lowest BCUT2D eigenvalue weighted by Crippen LogP contribution is -2.40. The number of rotatable bonds is 5. The summed E-state index contributed by atoms with van der Waals surface area (Å²) in [7, 11) is 0. The van der Waals surface area contributed by atoms with E-state index in [0.717, 1.165) is 25.7 Å². The van der Waals surface area contributed by atoms with Gasteiger partial charge in [0.25, 0.3) is 0 Å². The van der Waals surface area contributed by atoms with E-state index in [1.807, 2.05) is 6.07 Å². The second kappa shape index (κ2) is 6.89. The standard InChI is InChI=1S/C17H26N2O/c1-12(2)10-14(18)11-19-17(20)16-9-5-7-13-6-3-4-8-15(13)16/h3-4,6,8,12,14,16H,5,7,9-11,18H2,1-2H3,(H,19,20). The van der Waals surface area contributed by atoms with Crippen molar-refractivity contribution in [2.75, 3.05) is 6.54 Å². The highest BCUT2D eigenvalue weighted by Gasteiger charge is 2.26. The van der Waals surface area contributed by atoms with Gasteiger partial charge < -0.3 is 11.1 Å². The summed E-state index contributed by atoms with van der Waals surface area (Å²) in [5, 5.41) is 3.03. The number of nitrogens with two attached hydrogens (primary N) is 1. The van der Waals surface area contributed by atoms with Crippen LogP contribution in [0.5, 0.6) is 0 Å². The molecule has 1 aliphatic rings. The highest BCUT2D eigenvalue weighted by atomic mass is 16.1. The molecule has 0 spiro atoms. The quantitative estimate of drug-likeness (QED) is 0.867. The van der Waals surface area contributed by atoms with Crippen LogP contribution in [-0.2, 0) is 11.2 Å². The van der Waals surface area contributed by atoms with Gasteiger partial charge in [-0.05, 0) is 42.7 Å². The molecule has 2 atom stereocenters. The average Bonchev–Trinajstić information content (AvgIpc) is 2.43. The molecular formula is C17H26N2O. The zero-order valence-corrected chi connectivity index (χ0v) is 12.6. The number of carbonyl (C=O) groups is 1. The fourth-order valence-electron chi connectivity index (χ4n) is 3.07. The van der Waals surface area contributed by atoms with Crippen LogP contribution in [0.4, 0.5) is 0 Å². The maximum atomic E-state index is 12.4. The molecule has 3 N–H and O–H groups in total. The molecule has 110 valence electrons. The van der Waals surface area contributed by atoms with Gasteiger partial charge in [0.05, 0.1) is 5.92 Å². The van der Waals surface area contributed by atoms with E-state index in [1.54, 1.807) is 0 Å².